The number of carbonyl (C=O) groups excluding carboxylic acids is 2. The van der Waals surface area contributed by atoms with Crippen molar-refractivity contribution in [2.45, 2.75) is 17.9 Å². The van der Waals surface area contributed by atoms with Crippen LogP contribution in [0.25, 0.3) is 0 Å². The molecule has 1 fully saturated rings. The number of nitrogens with one attached hydrogen (secondary N) is 1. The second-order valence-corrected chi connectivity index (χ2v) is 7.35. The minimum Gasteiger partial charge on any atom is -0.453 e. The quantitative estimate of drug-likeness (QED) is 0.833. The maximum Gasteiger partial charge on any atom is 0.413 e. The Hall–Kier alpha value is -1.97. The van der Waals surface area contributed by atoms with Crippen LogP contribution in [0.1, 0.15) is 6.92 Å². The number of methoxy groups -OCH3 is 1. The van der Waals surface area contributed by atoms with Crippen LogP contribution >= 0.6 is 0 Å². The van der Waals surface area contributed by atoms with E-state index in [1.807, 2.05) is 4.90 Å². The van der Waals surface area contributed by atoms with Crippen molar-refractivity contribution < 1.29 is 22.7 Å². The molecule has 0 spiro atoms. The molecule has 2 rings (SSSR count). The Balaban J connectivity index is 1.96. The number of piperazine rings is 1. The number of nitrogens with zero attached hydrogens (tertiary/aromatic N) is 2. The van der Waals surface area contributed by atoms with Gasteiger partial charge >= 0.3 is 6.09 Å². The summed E-state index contributed by atoms with van der Waals surface area (Å²) in [7, 11) is -2.34. The molecule has 1 aromatic rings. The number of carbonyl (C=O) groups is 2. The average Bonchev–Trinajstić information content (AvgIpc) is 2.61. The molecule has 1 aliphatic rings. The highest BCUT2D eigenvalue weighted by Gasteiger charge is 2.32. The molecular formula is C15H21N3O5S. The van der Waals surface area contributed by atoms with E-state index in [0.717, 1.165) is 0 Å². The van der Waals surface area contributed by atoms with Gasteiger partial charge in [0.05, 0.1) is 18.0 Å². The highest BCUT2D eigenvalue weighted by Crippen LogP contribution is 2.18. The summed E-state index contributed by atoms with van der Waals surface area (Å²) < 4.78 is 30.9. The second-order valence-electron chi connectivity index (χ2n) is 5.41. The van der Waals surface area contributed by atoms with Crippen LogP contribution < -0.4 is 5.32 Å². The highest BCUT2D eigenvalue weighted by atomic mass is 32.2. The van der Waals surface area contributed by atoms with Crippen LogP contribution in [0.15, 0.2) is 35.2 Å². The van der Waals surface area contributed by atoms with E-state index >= 15 is 0 Å². The number of ether oxygens (including phenoxy) is 1. The van der Waals surface area contributed by atoms with Crippen molar-refractivity contribution >= 4 is 22.0 Å². The Kier molecular flexibility index (Phi) is 5.92. The van der Waals surface area contributed by atoms with Gasteiger partial charge in [-0.2, -0.15) is 4.31 Å². The molecule has 1 aliphatic heterocycles. The summed E-state index contributed by atoms with van der Waals surface area (Å²) in [5.74, 6) is -0.471. The van der Waals surface area contributed by atoms with E-state index in [1.165, 1.54) is 11.4 Å². The predicted molar refractivity (Wildman–Crippen MR) is 86.8 cm³/mol. The molecule has 0 bridgehead atoms. The molecule has 9 heteroatoms. The molecule has 1 aromatic carbocycles. The zero-order valence-corrected chi connectivity index (χ0v) is 14.5. The van der Waals surface area contributed by atoms with Crippen molar-refractivity contribution in [3.05, 3.63) is 30.3 Å². The molecule has 1 saturated heterocycles. The van der Waals surface area contributed by atoms with Gasteiger partial charge < -0.3 is 4.74 Å². The third-order valence-electron chi connectivity index (χ3n) is 3.99. The topological polar surface area (TPSA) is 96.0 Å². The molecule has 2 amide bonds. The zero-order chi connectivity index (χ0) is 17.7. The van der Waals surface area contributed by atoms with Crippen molar-refractivity contribution in [2.75, 3.05) is 33.3 Å². The zero-order valence-electron chi connectivity index (χ0n) is 13.6. The summed E-state index contributed by atoms with van der Waals surface area (Å²) in [5, 5.41) is 2.12. The van der Waals surface area contributed by atoms with Crippen LogP contribution in [0.4, 0.5) is 4.79 Å². The molecule has 132 valence electrons. The second kappa shape index (κ2) is 7.73. The molecule has 0 saturated carbocycles. The number of hydrogen-bond donors (Lipinski definition) is 1. The first-order valence-corrected chi connectivity index (χ1v) is 8.98. The van der Waals surface area contributed by atoms with Gasteiger partial charge in [0.15, 0.2) is 0 Å². The van der Waals surface area contributed by atoms with E-state index in [9.17, 15) is 18.0 Å². The summed E-state index contributed by atoms with van der Waals surface area (Å²) in [6.07, 6.45) is -0.808. The highest BCUT2D eigenvalue weighted by molar-refractivity contribution is 7.89. The fourth-order valence-electron chi connectivity index (χ4n) is 2.49. The molecule has 0 unspecified atom stereocenters. The number of imide groups is 1. The minimum absolute atomic E-state index is 0.259. The van der Waals surface area contributed by atoms with E-state index in [-0.39, 0.29) is 18.0 Å². The molecule has 24 heavy (non-hydrogen) atoms. The van der Waals surface area contributed by atoms with Crippen LogP contribution in [0.3, 0.4) is 0 Å². The molecular weight excluding hydrogens is 334 g/mol. The van der Waals surface area contributed by atoms with Gasteiger partial charge in [-0.25, -0.2) is 13.2 Å². The molecule has 1 atom stereocenters. The molecule has 0 aromatic heterocycles. The summed E-state index contributed by atoms with van der Waals surface area (Å²) in [4.78, 5) is 25.1. The first kappa shape index (κ1) is 18.4. The van der Waals surface area contributed by atoms with Crippen LogP contribution in [0, 0.1) is 0 Å². The summed E-state index contributed by atoms with van der Waals surface area (Å²) in [6, 6.07) is 7.71. The van der Waals surface area contributed by atoms with Gasteiger partial charge in [-0.15, -0.1) is 0 Å². The van der Waals surface area contributed by atoms with Crippen LogP contribution in [-0.2, 0) is 19.6 Å². The van der Waals surface area contributed by atoms with Gasteiger partial charge in [0.25, 0.3) is 0 Å². The monoisotopic (exact) mass is 355 g/mol. The first-order valence-electron chi connectivity index (χ1n) is 7.54. The van der Waals surface area contributed by atoms with Crippen molar-refractivity contribution in [1.82, 2.24) is 14.5 Å². The number of sulfonamides is 1. The third kappa shape index (κ3) is 4.11. The van der Waals surface area contributed by atoms with E-state index in [0.29, 0.717) is 13.1 Å². The smallest absolute Gasteiger partial charge is 0.413 e. The molecule has 0 aliphatic carbocycles. The number of benzene rings is 1. The van der Waals surface area contributed by atoms with Crippen LogP contribution in [0.5, 0.6) is 0 Å². The van der Waals surface area contributed by atoms with Crippen molar-refractivity contribution in [3.63, 3.8) is 0 Å². The van der Waals surface area contributed by atoms with E-state index < -0.39 is 28.1 Å². The van der Waals surface area contributed by atoms with Gasteiger partial charge in [0.1, 0.15) is 0 Å². The molecule has 1 heterocycles. The van der Waals surface area contributed by atoms with Crippen molar-refractivity contribution in [3.8, 4) is 0 Å². The molecule has 8 nitrogen and oxygen atoms in total. The SMILES string of the molecule is COC(=O)NC(=O)[C@H](C)N1CCN(S(=O)(=O)c2ccccc2)CC1. The molecule has 0 radical (unpaired) electrons. The molecule has 1 N–H and O–H groups in total. The van der Waals surface area contributed by atoms with Crippen molar-refractivity contribution in [2.24, 2.45) is 0 Å². The Labute approximate surface area is 141 Å². The summed E-state index contributed by atoms with van der Waals surface area (Å²) in [5.41, 5.74) is 0. The fraction of sp³-hybridized carbons (Fsp3) is 0.467. The summed E-state index contributed by atoms with van der Waals surface area (Å²) in [6.45, 7) is 3.05. The maximum atomic E-state index is 12.5. The number of amides is 2. The van der Waals surface area contributed by atoms with Crippen molar-refractivity contribution in [1.29, 1.82) is 0 Å². The Morgan fingerprint density at radius 2 is 1.71 bits per heavy atom. The van der Waals surface area contributed by atoms with Gasteiger partial charge in [0.2, 0.25) is 15.9 Å². The van der Waals surface area contributed by atoms with E-state index in [4.69, 9.17) is 0 Å². The lowest BCUT2D eigenvalue weighted by molar-refractivity contribution is -0.125. The maximum absolute atomic E-state index is 12.5. The van der Waals surface area contributed by atoms with E-state index in [1.54, 1.807) is 37.3 Å². The number of hydrogen-bond acceptors (Lipinski definition) is 6. The standard InChI is InChI=1S/C15H21N3O5S/c1-12(14(19)16-15(20)23-2)17-8-10-18(11-9-17)24(21,22)13-6-4-3-5-7-13/h3-7,12H,8-11H2,1-2H3,(H,16,19,20)/t12-/m0/s1. The summed E-state index contributed by atoms with van der Waals surface area (Å²) >= 11 is 0. The number of alkyl carbamates (subject to hydrolysis) is 1. The first-order chi connectivity index (χ1) is 11.4. The Bertz CT molecular complexity index is 684. The Morgan fingerprint density at radius 1 is 1.12 bits per heavy atom. The van der Waals surface area contributed by atoms with Gasteiger partial charge in [0, 0.05) is 26.2 Å². The predicted octanol–water partition coefficient (Wildman–Crippen LogP) is 0.264. The lowest BCUT2D eigenvalue weighted by Crippen LogP contribution is -2.55. The minimum atomic E-state index is -3.52. The average molecular weight is 355 g/mol. The number of rotatable bonds is 4. The normalized spacial score (nSPS) is 17.9. The van der Waals surface area contributed by atoms with Gasteiger partial charge in [-0.05, 0) is 19.1 Å². The Morgan fingerprint density at radius 3 is 2.25 bits per heavy atom. The van der Waals surface area contributed by atoms with E-state index in [2.05, 4.69) is 10.1 Å². The van der Waals surface area contributed by atoms with Gasteiger partial charge in [-0.1, -0.05) is 18.2 Å². The lowest BCUT2D eigenvalue weighted by Gasteiger charge is -2.36. The lowest BCUT2D eigenvalue weighted by atomic mass is 10.2. The van der Waals surface area contributed by atoms with Crippen LogP contribution in [-0.4, -0.2) is 69.0 Å². The third-order valence-corrected chi connectivity index (χ3v) is 5.90. The largest absolute Gasteiger partial charge is 0.453 e. The fourth-order valence-corrected chi connectivity index (χ4v) is 3.94. The van der Waals surface area contributed by atoms with Crippen LogP contribution in [0.2, 0.25) is 0 Å². The van der Waals surface area contributed by atoms with Gasteiger partial charge in [-0.3, -0.25) is 15.0 Å².